The number of hydrogen-bond acceptors (Lipinski definition) is 6. The van der Waals surface area contributed by atoms with Gasteiger partial charge in [0.15, 0.2) is 11.5 Å². The minimum atomic E-state index is -0.544. The Kier molecular flexibility index (Phi) is 5.64. The highest BCUT2D eigenvalue weighted by molar-refractivity contribution is 5.99. The van der Waals surface area contributed by atoms with E-state index in [-0.39, 0.29) is 17.9 Å². The Morgan fingerprint density at radius 1 is 1.00 bits per heavy atom. The number of nitrogens with one attached hydrogen (secondary N) is 1. The minimum absolute atomic E-state index is 0.229. The van der Waals surface area contributed by atoms with Crippen LogP contribution in [0.1, 0.15) is 10.4 Å². The van der Waals surface area contributed by atoms with E-state index in [9.17, 15) is 9.59 Å². The monoisotopic (exact) mass is 283 g/mol. The van der Waals surface area contributed by atoms with Crippen LogP contribution in [0.15, 0.2) is 12.1 Å². The van der Waals surface area contributed by atoms with Gasteiger partial charge in [0.05, 0.1) is 34.0 Å². The molecule has 7 nitrogen and oxygen atoms in total. The molecule has 1 rings (SSSR count). The van der Waals surface area contributed by atoms with Crippen molar-refractivity contribution in [2.75, 3.05) is 35.0 Å². The maximum Gasteiger partial charge on any atom is 0.325 e. The summed E-state index contributed by atoms with van der Waals surface area (Å²) in [5.74, 6) is -0.0465. The van der Waals surface area contributed by atoms with Crippen molar-refractivity contribution in [1.82, 2.24) is 5.32 Å². The van der Waals surface area contributed by atoms with Crippen LogP contribution in [0, 0.1) is 0 Å². The third-order valence-electron chi connectivity index (χ3n) is 2.57. The van der Waals surface area contributed by atoms with Crippen LogP contribution in [0.2, 0.25) is 0 Å². The first kappa shape index (κ1) is 15.6. The molecule has 0 fully saturated rings. The number of hydrogen-bond donors (Lipinski definition) is 1. The summed E-state index contributed by atoms with van der Waals surface area (Å²) in [5.41, 5.74) is 0.231. The molecule has 0 heterocycles. The van der Waals surface area contributed by atoms with Crippen molar-refractivity contribution in [2.24, 2.45) is 0 Å². The van der Waals surface area contributed by atoms with Crippen LogP contribution in [0.25, 0.3) is 0 Å². The van der Waals surface area contributed by atoms with E-state index in [0.717, 1.165) is 0 Å². The van der Waals surface area contributed by atoms with Gasteiger partial charge in [0.25, 0.3) is 5.91 Å². The van der Waals surface area contributed by atoms with Crippen molar-refractivity contribution >= 4 is 11.9 Å². The summed E-state index contributed by atoms with van der Waals surface area (Å²) in [7, 11) is 5.57. The van der Waals surface area contributed by atoms with E-state index in [1.54, 1.807) is 6.07 Å². The lowest BCUT2D eigenvalue weighted by molar-refractivity contribution is -0.139. The lowest BCUT2D eigenvalue weighted by Crippen LogP contribution is -2.30. The average molecular weight is 283 g/mol. The predicted octanol–water partition coefficient (Wildman–Crippen LogP) is 0.615. The minimum Gasteiger partial charge on any atom is -0.493 e. The second-order valence-corrected chi connectivity index (χ2v) is 3.64. The first-order valence-electron chi connectivity index (χ1n) is 5.73. The molecule has 0 spiro atoms. The smallest absolute Gasteiger partial charge is 0.325 e. The Morgan fingerprint density at radius 2 is 1.65 bits per heavy atom. The lowest BCUT2D eigenvalue weighted by Gasteiger charge is -2.15. The van der Waals surface area contributed by atoms with Gasteiger partial charge in [-0.15, -0.1) is 0 Å². The van der Waals surface area contributed by atoms with Crippen LogP contribution >= 0.6 is 0 Å². The van der Waals surface area contributed by atoms with Crippen molar-refractivity contribution in [3.63, 3.8) is 0 Å². The van der Waals surface area contributed by atoms with E-state index < -0.39 is 11.9 Å². The van der Waals surface area contributed by atoms with Gasteiger partial charge in [0.1, 0.15) is 6.54 Å². The predicted molar refractivity (Wildman–Crippen MR) is 70.4 cm³/mol. The molecule has 0 unspecified atom stereocenters. The van der Waals surface area contributed by atoms with Crippen LogP contribution in [-0.2, 0) is 9.53 Å². The number of esters is 1. The topological polar surface area (TPSA) is 83.1 Å². The van der Waals surface area contributed by atoms with Crippen LogP contribution in [0.3, 0.4) is 0 Å². The molecule has 1 aromatic rings. The molecule has 1 N–H and O–H groups in total. The Hall–Kier alpha value is -2.44. The van der Waals surface area contributed by atoms with Gasteiger partial charge in [-0.3, -0.25) is 9.59 Å². The van der Waals surface area contributed by atoms with Gasteiger partial charge < -0.3 is 24.3 Å². The molecular formula is C13H17NO6. The second kappa shape index (κ2) is 7.22. The Labute approximate surface area is 116 Å². The van der Waals surface area contributed by atoms with Crippen LogP contribution in [0.5, 0.6) is 17.2 Å². The van der Waals surface area contributed by atoms with E-state index in [0.29, 0.717) is 11.5 Å². The number of benzene rings is 1. The van der Waals surface area contributed by atoms with Crippen molar-refractivity contribution in [2.45, 2.75) is 0 Å². The summed E-state index contributed by atoms with van der Waals surface area (Å²) >= 11 is 0. The van der Waals surface area contributed by atoms with Crippen LogP contribution < -0.4 is 19.5 Å². The van der Waals surface area contributed by atoms with Crippen molar-refractivity contribution < 1.29 is 28.5 Å². The summed E-state index contributed by atoms with van der Waals surface area (Å²) in [6.07, 6.45) is 0. The van der Waals surface area contributed by atoms with Gasteiger partial charge in [-0.25, -0.2) is 0 Å². The largest absolute Gasteiger partial charge is 0.493 e. The third-order valence-corrected chi connectivity index (χ3v) is 2.57. The van der Waals surface area contributed by atoms with Gasteiger partial charge in [0.2, 0.25) is 5.75 Å². The number of ether oxygens (including phenoxy) is 4. The van der Waals surface area contributed by atoms with Crippen LogP contribution in [0.4, 0.5) is 0 Å². The third kappa shape index (κ3) is 3.31. The van der Waals surface area contributed by atoms with E-state index in [2.05, 4.69) is 10.1 Å². The maximum absolute atomic E-state index is 12.0. The van der Waals surface area contributed by atoms with Gasteiger partial charge in [-0.2, -0.15) is 0 Å². The van der Waals surface area contributed by atoms with E-state index in [1.165, 1.54) is 34.5 Å². The molecule has 0 saturated heterocycles. The molecule has 0 aliphatic heterocycles. The average Bonchev–Trinajstić information content (AvgIpc) is 2.50. The number of amides is 1. The molecule has 0 radical (unpaired) electrons. The van der Waals surface area contributed by atoms with Crippen LogP contribution in [-0.4, -0.2) is 46.9 Å². The fourth-order valence-corrected chi connectivity index (χ4v) is 1.60. The number of rotatable bonds is 6. The number of carbonyl (C=O) groups excluding carboxylic acids is 2. The molecule has 110 valence electrons. The lowest BCUT2D eigenvalue weighted by atomic mass is 10.1. The van der Waals surface area contributed by atoms with Crippen molar-refractivity contribution in [3.8, 4) is 17.2 Å². The molecule has 0 aliphatic carbocycles. The van der Waals surface area contributed by atoms with Gasteiger partial charge >= 0.3 is 5.97 Å². The summed E-state index contributed by atoms with van der Waals surface area (Å²) in [6.45, 7) is -0.229. The Bertz CT molecular complexity index is 500. The molecule has 20 heavy (non-hydrogen) atoms. The standard InChI is InChI=1S/C13H17NO6/c1-17-9-6-5-8(11(19-3)12(9)20-4)13(16)14-7-10(15)18-2/h5-6H,7H2,1-4H3,(H,14,16). The normalized spacial score (nSPS) is 9.60. The quantitative estimate of drug-likeness (QED) is 0.770. The molecule has 0 aromatic heterocycles. The Balaban J connectivity index is 3.05. The second-order valence-electron chi connectivity index (χ2n) is 3.64. The zero-order chi connectivity index (χ0) is 15.1. The van der Waals surface area contributed by atoms with Gasteiger partial charge in [0, 0.05) is 0 Å². The molecule has 0 atom stereocenters. The molecule has 1 aromatic carbocycles. The molecule has 7 heteroatoms. The van der Waals surface area contributed by atoms with Gasteiger partial charge in [-0.1, -0.05) is 0 Å². The first-order valence-corrected chi connectivity index (χ1v) is 5.73. The van der Waals surface area contributed by atoms with E-state index in [4.69, 9.17) is 14.2 Å². The maximum atomic E-state index is 12.0. The highest BCUT2D eigenvalue weighted by Crippen LogP contribution is 2.39. The zero-order valence-electron chi connectivity index (χ0n) is 11.8. The summed E-state index contributed by atoms with van der Waals surface area (Å²) in [5, 5.41) is 2.42. The van der Waals surface area contributed by atoms with E-state index in [1.807, 2.05) is 0 Å². The van der Waals surface area contributed by atoms with E-state index >= 15 is 0 Å². The highest BCUT2D eigenvalue weighted by Gasteiger charge is 2.20. The number of carbonyl (C=O) groups is 2. The summed E-state index contributed by atoms with van der Waals surface area (Å²) in [4.78, 5) is 23.0. The SMILES string of the molecule is COC(=O)CNC(=O)c1ccc(OC)c(OC)c1OC. The summed E-state index contributed by atoms with van der Waals surface area (Å²) in [6, 6.07) is 3.10. The highest BCUT2D eigenvalue weighted by atomic mass is 16.5. The van der Waals surface area contributed by atoms with Gasteiger partial charge in [-0.05, 0) is 12.1 Å². The molecule has 0 saturated carbocycles. The molecule has 1 amide bonds. The molecular weight excluding hydrogens is 266 g/mol. The first-order chi connectivity index (χ1) is 9.58. The van der Waals surface area contributed by atoms with Crippen molar-refractivity contribution in [3.05, 3.63) is 17.7 Å². The fourth-order valence-electron chi connectivity index (χ4n) is 1.60. The molecule has 0 bridgehead atoms. The summed E-state index contributed by atoms with van der Waals surface area (Å²) < 4.78 is 19.9. The zero-order valence-corrected chi connectivity index (χ0v) is 11.8. The number of methoxy groups -OCH3 is 4. The Morgan fingerprint density at radius 3 is 2.15 bits per heavy atom. The molecule has 0 aliphatic rings. The van der Waals surface area contributed by atoms with Crippen molar-refractivity contribution in [1.29, 1.82) is 0 Å². The fraction of sp³-hybridized carbons (Fsp3) is 0.385.